The summed E-state index contributed by atoms with van der Waals surface area (Å²) in [4.78, 5) is 19.2. The number of carbonyl (C=O) groups is 1. The van der Waals surface area contributed by atoms with Crippen LogP contribution >= 0.6 is 0 Å². The number of fused-ring (bicyclic) bond motifs is 1. The number of nitrogens with one attached hydrogen (secondary N) is 2. The van der Waals surface area contributed by atoms with Gasteiger partial charge in [0.1, 0.15) is 5.82 Å². The van der Waals surface area contributed by atoms with Crippen molar-refractivity contribution in [2.45, 2.75) is 25.8 Å². The molecule has 1 unspecified atom stereocenters. The molecule has 1 aliphatic carbocycles. The van der Waals surface area contributed by atoms with Crippen LogP contribution in [0.25, 0.3) is 0 Å². The van der Waals surface area contributed by atoms with Gasteiger partial charge in [-0.25, -0.2) is 4.98 Å². The highest BCUT2D eigenvalue weighted by molar-refractivity contribution is 5.79. The third-order valence-electron chi connectivity index (χ3n) is 3.70. The predicted molar refractivity (Wildman–Crippen MR) is 72.4 cm³/mol. The van der Waals surface area contributed by atoms with E-state index in [1.807, 2.05) is 6.07 Å². The molecule has 4 heteroatoms. The number of amides is 1. The van der Waals surface area contributed by atoms with Crippen molar-refractivity contribution in [2.24, 2.45) is 5.92 Å². The van der Waals surface area contributed by atoms with E-state index in [-0.39, 0.29) is 11.8 Å². The molecule has 4 nitrogen and oxygen atoms in total. The Kier molecular flexibility index (Phi) is 3.31. The van der Waals surface area contributed by atoms with Gasteiger partial charge in [-0.05, 0) is 30.4 Å². The fourth-order valence-corrected chi connectivity index (χ4v) is 2.63. The molecule has 3 rings (SSSR count). The maximum Gasteiger partial charge on any atom is 0.223 e. The average Bonchev–Trinajstić information content (AvgIpc) is 2.97. The van der Waals surface area contributed by atoms with Crippen LogP contribution in [0.4, 0.5) is 0 Å². The van der Waals surface area contributed by atoms with Crippen molar-refractivity contribution in [1.29, 1.82) is 0 Å². The van der Waals surface area contributed by atoms with Crippen molar-refractivity contribution in [3.05, 3.63) is 53.6 Å². The normalized spacial score (nSPS) is 17.8. The van der Waals surface area contributed by atoms with Crippen LogP contribution in [0.15, 0.2) is 36.7 Å². The van der Waals surface area contributed by atoms with Crippen LogP contribution in [0.3, 0.4) is 0 Å². The minimum absolute atomic E-state index is 0.0878. The molecule has 2 N–H and O–H groups in total. The summed E-state index contributed by atoms with van der Waals surface area (Å²) in [7, 11) is 0. The van der Waals surface area contributed by atoms with Gasteiger partial charge in [0, 0.05) is 18.3 Å². The zero-order valence-electron chi connectivity index (χ0n) is 10.7. The summed E-state index contributed by atoms with van der Waals surface area (Å²) in [5.74, 6) is 1.01. The summed E-state index contributed by atoms with van der Waals surface area (Å²) in [6, 6.07) is 8.39. The maximum atomic E-state index is 12.2. The molecule has 1 atom stereocenters. The lowest BCUT2D eigenvalue weighted by Gasteiger charge is -2.23. The number of aromatic nitrogens is 2. The summed E-state index contributed by atoms with van der Waals surface area (Å²) in [6.07, 6.45) is 6.23. The van der Waals surface area contributed by atoms with E-state index in [1.54, 1.807) is 12.4 Å². The molecule has 0 aliphatic heterocycles. The number of hydrogen-bond acceptors (Lipinski definition) is 2. The monoisotopic (exact) mass is 255 g/mol. The molecule has 1 aromatic heterocycles. The van der Waals surface area contributed by atoms with Gasteiger partial charge in [-0.15, -0.1) is 0 Å². The number of imidazole rings is 1. The maximum absolute atomic E-state index is 12.2. The Hall–Kier alpha value is -2.10. The molecule has 2 aromatic rings. The van der Waals surface area contributed by atoms with Gasteiger partial charge in [-0.1, -0.05) is 24.3 Å². The van der Waals surface area contributed by atoms with Crippen molar-refractivity contribution in [2.75, 3.05) is 0 Å². The summed E-state index contributed by atoms with van der Waals surface area (Å²) in [5.41, 5.74) is 2.70. The Morgan fingerprint density at radius 3 is 3.00 bits per heavy atom. The fourth-order valence-electron chi connectivity index (χ4n) is 2.63. The Balaban J connectivity index is 1.60. The Bertz CT molecular complexity index is 563. The number of aromatic amines is 1. The zero-order chi connectivity index (χ0) is 13.1. The second-order valence-electron chi connectivity index (χ2n) is 4.96. The number of aryl methyl sites for hydroxylation is 1. The standard InChI is InChI=1S/C15H17N3O/c19-15(18-10-14-16-7-8-17-14)13-6-5-11-3-1-2-4-12(11)9-13/h1-4,7-8,13H,5-6,9-10H2,(H,16,17)(H,18,19). The lowest BCUT2D eigenvalue weighted by atomic mass is 9.83. The summed E-state index contributed by atoms with van der Waals surface area (Å²) in [5, 5.41) is 2.95. The van der Waals surface area contributed by atoms with Crippen LogP contribution in [-0.4, -0.2) is 15.9 Å². The number of benzene rings is 1. The summed E-state index contributed by atoms with van der Waals surface area (Å²) >= 11 is 0. The number of carbonyl (C=O) groups excluding carboxylic acids is 1. The Morgan fingerprint density at radius 2 is 2.21 bits per heavy atom. The van der Waals surface area contributed by atoms with Crippen molar-refractivity contribution in [1.82, 2.24) is 15.3 Å². The first kappa shape index (κ1) is 12.0. The van der Waals surface area contributed by atoms with Crippen LogP contribution in [0.2, 0.25) is 0 Å². The van der Waals surface area contributed by atoms with E-state index in [4.69, 9.17) is 0 Å². The predicted octanol–water partition coefficient (Wildman–Crippen LogP) is 1.83. The smallest absolute Gasteiger partial charge is 0.223 e. The molecule has 98 valence electrons. The van der Waals surface area contributed by atoms with Gasteiger partial charge < -0.3 is 10.3 Å². The molecule has 0 saturated carbocycles. The van der Waals surface area contributed by atoms with E-state index < -0.39 is 0 Å². The molecule has 0 bridgehead atoms. The molecular weight excluding hydrogens is 238 g/mol. The zero-order valence-corrected chi connectivity index (χ0v) is 10.7. The quantitative estimate of drug-likeness (QED) is 0.879. The third-order valence-corrected chi connectivity index (χ3v) is 3.70. The second-order valence-corrected chi connectivity index (χ2v) is 4.96. The van der Waals surface area contributed by atoms with Gasteiger partial charge in [0.05, 0.1) is 6.54 Å². The van der Waals surface area contributed by atoms with E-state index in [0.717, 1.165) is 25.1 Å². The molecule has 0 radical (unpaired) electrons. The number of nitrogens with zero attached hydrogens (tertiary/aromatic N) is 1. The molecule has 0 fully saturated rings. The first-order chi connectivity index (χ1) is 9.33. The topological polar surface area (TPSA) is 57.8 Å². The largest absolute Gasteiger partial charge is 0.349 e. The number of hydrogen-bond donors (Lipinski definition) is 2. The van der Waals surface area contributed by atoms with E-state index >= 15 is 0 Å². The molecule has 0 spiro atoms. The molecule has 19 heavy (non-hydrogen) atoms. The van der Waals surface area contributed by atoms with Gasteiger partial charge in [-0.3, -0.25) is 4.79 Å². The van der Waals surface area contributed by atoms with Gasteiger partial charge in [0.25, 0.3) is 0 Å². The second kappa shape index (κ2) is 5.26. The number of rotatable bonds is 3. The minimum Gasteiger partial charge on any atom is -0.349 e. The van der Waals surface area contributed by atoms with Crippen molar-refractivity contribution < 1.29 is 4.79 Å². The molecule has 1 heterocycles. The molecule has 0 saturated heterocycles. The van der Waals surface area contributed by atoms with Crippen LogP contribution < -0.4 is 5.32 Å². The number of H-pyrrole nitrogens is 1. The summed E-state index contributed by atoms with van der Waals surface area (Å²) in [6.45, 7) is 0.476. The van der Waals surface area contributed by atoms with E-state index in [9.17, 15) is 4.79 Å². The van der Waals surface area contributed by atoms with Crippen LogP contribution in [0.5, 0.6) is 0 Å². The minimum atomic E-state index is 0.0878. The van der Waals surface area contributed by atoms with Crippen molar-refractivity contribution in [3.8, 4) is 0 Å². The lowest BCUT2D eigenvalue weighted by molar-refractivity contribution is -0.125. The van der Waals surface area contributed by atoms with Gasteiger partial charge in [-0.2, -0.15) is 0 Å². The SMILES string of the molecule is O=C(NCc1ncc[nH]1)C1CCc2ccccc2C1. The average molecular weight is 255 g/mol. The summed E-state index contributed by atoms with van der Waals surface area (Å²) < 4.78 is 0. The van der Waals surface area contributed by atoms with Gasteiger partial charge in [0.15, 0.2) is 0 Å². The van der Waals surface area contributed by atoms with E-state index in [0.29, 0.717) is 6.54 Å². The van der Waals surface area contributed by atoms with Crippen LogP contribution in [-0.2, 0) is 24.2 Å². The van der Waals surface area contributed by atoms with Crippen molar-refractivity contribution >= 4 is 5.91 Å². The van der Waals surface area contributed by atoms with Crippen molar-refractivity contribution in [3.63, 3.8) is 0 Å². The highest BCUT2D eigenvalue weighted by atomic mass is 16.1. The molecule has 1 amide bonds. The Labute approximate surface area is 112 Å². The fraction of sp³-hybridized carbons (Fsp3) is 0.333. The highest BCUT2D eigenvalue weighted by Gasteiger charge is 2.24. The van der Waals surface area contributed by atoms with E-state index in [2.05, 4.69) is 33.5 Å². The first-order valence-electron chi connectivity index (χ1n) is 6.65. The van der Waals surface area contributed by atoms with Crippen LogP contribution in [0.1, 0.15) is 23.4 Å². The van der Waals surface area contributed by atoms with Crippen LogP contribution in [0, 0.1) is 5.92 Å². The Morgan fingerprint density at radius 1 is 1.37 bits per heavy atom. The lowest BCUT2D eigenvalue weighted by Crippen LogP contribution is -2.33. The molecule has 1 aromatic carbocycles. The van der Waals surface area contributed by atoms with Gasteiger partial charge in [0.2, 0.25) is 5.91 Å². The van der Waals surface area contributed by atoms with Gasteiger partial charge >= 0.3 is 0 Å². The molecule has 1 aliphatic rings. The third kappa shape index (κ3) is 2.67. The first-order valence-corrected chi connectivity index (χ1v) is 6.65. The highest BCUT2D eigenvalue weighted by Crippen LogP contribution is 2.25. The molecular formula is C15H17N3O. The van der Waals surface area contributed by atoms with E-state index in [1.165, 1.54) is 11.1 Å².